The number of carbonyl (C=O) groups is 2. The van der Waals surface area contributed by atoms with E-state index < -0.39 is 11.5 Å². The van der Waals surface area contributed by atoms with Gasteiger partial charge in [-0.3, -0.25) is 15.0 Å². The molecule has 0 fully saturated rings. The SMILES string of the molecule is CC(=O)O.CSC1=N[C@@](C)(c2ccccc2)C(=O)N1Nc1ccccc1. The second-order valence-corrected chi connectivity index (χ2v) is 6.45. The highest BCUT2D eigenvalue weighted by atomic mass is 32.2. The highest BCUT2D eigenvalue weighted by Crippen LogP contribution is 2.35. The van der Waals surface area contributed by atoms with Crippen molar-refractivity contribution in [3.8, 4) is 0 Å². The number of benzene rings is 2. The normalized spacial score (nSPS) is 18.7. The maximum absolute atomic E-state index is 12.9. The summed E-state index contributed by atoms with van der Waals surface area (Å²) in [6, 6.07) is 19.3. The Bertz CT molecular complexity index is 792. The third-order valence-electron chi connectivity index (χ3n) is 3.66. The Morgan fingerprint density at radius 3 is 2.12 bits per heavy atom. The second kappa shape index (κ2) is 8.53. The number of aliphatic carboxylic acids is 1. The molecule has 0 aromatic heterocycles. The molecule has 6 nitrogen and oxygen atoms in total. The average Bonchev–Trinajstić information content (AvgIpc) is 2.88. The van der Waals surface area contributed by atoms with Crippen molar-refractivity contribution in [2.45, 2.75) is 19.4 Å². The van der Waals surface area contributed by atoms with Crippen molar-refractivity contribution in [2.75, 3.05) is 11.7 Å². The molecule has 1 aliphatic rings. The minimum Gasteiger partial charge on any atom is -0.481 e. The molecule has 0 saturated heterocycles. The van der Waals surface area contributed by atoms with Crippen LogP contribution in [0.15, 0.2) is 65.7 Å². The Morgan fingerprint density at radius 1 is 1.12 bits per heavy atom. The minimum absolute atomic E-state index is 0.0769. The quantitative estimate of drug-likeness (QED) is 0.862. The van der Waals surface area contributed by atoms with Crippen LogP contribution in [-0.4, -0.2) is 33.4 Å². The van der Waals surface area contributed by atoms with Crippen molar-refractivity contribution in [2.24, 2.45) is 4.99 Å². The molecule has 0 bridgehead atoms. The Labute approximate surface area is 156 Å². The Kier molecular flexibility index (Phi) is 6.41. The number of amides is 1. The van der Waals surface area contributed by atoms with Crippen LogP contribution in [0.3, 0.4) is 0 Å². The van der Waals surface area contributed by atoms with E-state index in [4.69, 9.17) is 9.90 Å². The van der Waals surface area contributed by atoms with Crippen LogP contribution in [0.2, 0.25) is 0 Å². The van der Waals surface area contributed by atoms with E-state index in [1.165, 1.54) is 16.8 Å². The second-order valence-electron chi connectivity index (χ2n) is 5.67. The van der Waals surface area contributed by atoms with E-state index in [-0.39, 0.29) is 5.91 Å². The first-order valence-corrected chi connectivity index (χ1v) is 9.16. The number of rotatable bonds is 3. The van der Waals surface area contributed by atoms with Gasteiger partial charge in [-0.05, 0) is 30.9 Å². The predicted molar refractivity (Wildman–Crippen MR) is 105 cm³/mol. The third kappa shape index (κ3) is 4.43. The monoisotopic (exact) mass is 371 g/mol. The van der Waals surface area contributed by atoms with Crippen molar-refractivity contribution >= 4 is 34.5 Å². The smallest absolute Gasteiger partial charge is 0.300 e. The first-order valence-electron chi connectivity index (χ1n) is 7.93. The van der Waals surface area contributed by atoms with E-state index in [1.54, 1.807) is 0 Å². The third-order valence-corrected chi connectivity index (χ3v) is 4.30. The van der Waals surface area contributed by atoms with Gasteiger partial charge in [-0.1, -0.05) is 60.3 Å². The summed E-state index contributed by atoms with van der Waals surface area (Å²) in [6.45, 7) is 2.94. The number of carboxylic acid groups (broad SMARTS) is 1. The molecule has 0 aliphatic carbocycles. The van der Waals surface area contributed by atoms with Gasteiger partial charge in [0.25, 0.3) is 11.9 Å². The van der Waals surface area contributed by atoms with Gasteiger partial charge in [0.15, 0.2) is 10.7 Å². The Balaban J connectivity index is 0.000000552. The molecule has 136 valence electrons. The fourth-order valence-corrected chi connectivity index (χ4v) is 3.01. The topological polar surface area (TPSA) is 82.0 Å². The minimum atomic E-state index is -0.888. The fourth-order valence-electron chi connectivity index (χ4n) is 2.42. The van der Waals surface area contributed by atoms with Gasteiger partial charge < -0.3 is 5.11 Å². The molecule has 2 aromatic carbocycles. The molecule has 0 spiro atoms. The molecule has 2 N–H and O–H groups in total. The van der Waals surface area contributed by atoms with E-state index >= 15 is 0 Å². The molecule has 26 heavy (non-hydrogen) atoms. The summed E-state index contributed by atoms with van der Waals surface area (Å²) in [4.78, 5) is 26.6. The first kappa shape index (κ1) is 19.5. The molecular formula is C19H21N3O3S. The van der Waals surface area contributed by atoms with Gasteiger partial charge in [0.05, 0.1) is 5.69 Å². The number of hydrogen-bond acceptors (Lipinski definition) is 5. The molecular weight excluding hydrogens is 350 g/mol. The lowest BCUT2D eigenvalue weighted by Gasteiger charge is -2.23. The molecule has 7 heteroatoms. The molecule has 0 saturated carbocycles. The summed E-state index contributed by atoms with van der Waals surface area (Å²) in [5.41, 5.74) is 4.01. The van der Waals surface area contributed by atoms with Crippen molar-refractivity contribution in [1.29, 1.82) is 0 Å². The first-order chi connectivity index (χ1) is 12.4. The number of hydrazine groups is 1. The zero-order valence-electron chi connectivity index (χ0n) is 14.8. The zero-order valence-corrected chi connectivity index (χ0v) is 15.7. The summed E-state index contributed by atoms with van der Waals surface area (Å²) >= 11 is 1.45. The van der Waals surface area contributed by atoms with Crippen LogP contribution < -0.4 is 5.43 Å². The predicted octanol–water partition coefficient (Wildman–Crippen LogP) is 3.58. The van der Waals surface area contributed by atoms with E-state index in [2.05, 4.69) is 10.4 Å². The van der Waals surface area contributed by atoms with Crippen LogP contribution in [0.4, 0.5) is 5.69 Å². The summed E-state index contributed by atoms with van der Waals surface area (Å²) < 4.78 is 0. The van der Waals surface area contributed by atoms with E-state index in [9.17, 15) is 4.79 Å². The lowest BCUT2D eigenvalue weighted by Crippen LogP contribution is -2.42. The summed E-state index contributed by atoms with van der Waals surface area (Å²) in [6.07, 6.45) is 1.92. The average molecular weight is 371 g/mol. The van der Waals surface area contributed by atoms with Gasteiger partial charge in [0.1, 0.15) is 0 Å². The highest BCUT2D eigenvalue weighted by Gasteiger charge is 2.46. The largest absolute Gasteiger partial charge is 0.481 e. The molecule has 2 aromatic rings. The van der Waals surface area contributed by atoms with Crippen LogP contribution >= 0.6 is 11.8 Å². The number of anilines is 1. The number of para-hydroxylation sites is 1. The van der Waals surface area contributed by atoms with Crippen molar-refractivity contribution < 1.29 is 14.7 Å². The zero-order chi connectivity index (χ0) is 19.2. The van der Waals surface area contributed by atoms with E-state index in [0.717, 1.165) is 18.2 Å². The number of hydrogen-bond donors (Lipinski definition) is 2. The van der Waals surface area contributed by atoms with Crippen molar-refractivity contribution in [3.63, 3.8) is 0 Å². The van der Waals surface area contributed by atoms with Gasteiger partial charge in [0, 0.05) is 6.92 Å². The standard InChI is InChI=1S/C17H17N3OS.C2H4O2/c1-17(13-9-5-3-6-10-13)15(21)20(16(18-17)22-2)19-14-11-7-4-8-12-14;1-2(3)4/h3-12,19H,1-2H3;1H3,(H,3,4)/t17-;/m0./s1. The molecule has 1 heterocycles. The molecule has 1 atom stereocenters. The summed E-state index contributed by atoms with van der Waals surface area (Å²) in [5.74, 6) is -0.910. The van der Waals surface area contributed by atoms with E-state index in [1.807, 2.05) is 73.8 Å². The van der Waals surface area contributed by atoms with Gasteiger partial charge in [-0.15, -0.1) is 0 Å². The van der Waals surface area contributed by atoms with Gasteiger partial charge >= 0.3 is 0 Å². The lowest BCUT2D eigenvalue weighted by molar-refractivity contribution is -0.134. The van der Waals surface area contributed by atoms with Crippen molar-refractivity contribution in [1.82, 2.24) is 5.01 Å². The maximum Gasteiger partial charge on any atom is 0.300 e. The molecule has 0 unspecified atom stereocenters. The Hall–Kier alpha value is -2.80. The Morgan fingerprint density at radius 2 is 1.62 bits per heavy atom. The summed E-state index contributed by atoms with van der Waals surface area (Å²) in [5, 5.41) is 9.62. The van der Waals surface area contributed by atoms with Crippen LogP contribution in [0.1, 0.15) is 19.4 Å². The van der Waals surface area contributed by atoms with Crippen LogP contribution in [-0.2, 0) is 15.1 Å². The number of aliphatic imine (C=N–C) groups is 1. The van der Waals surface area contributed by atoms with Crippen molar-refractivity contribution in [3.05, 3.63) is 66.2 Å². The molecule has 0 radical (unpaired) electrons. The maximum atomic E-state index is 12.9. The molecule has 1 amide bonds. The number of nitrogens with one attached hydrogen (secondary N) is 1. The highest BCUT2D eigenvalue weighted by molar-refractivity contribution is 8.13. The van der Waals surface area contributed by atoms with Crippen LogP contribution in [0.5, 0.6) is 0 Å². The molecule has 3 rings (SSSR count). The fraction of sp³-hybridized carbons (Fsp3) is 0.211. The lowest BCUT2D eigenvalue weighted by atomic mass is 9.92. The van der Waals surface area contributed by atoms with Gasteiger partial charge in [-0.2, -0.15) is 5.01 Å². The van der Waals surface area contributed by atoms with Gasteiger partial charge in [-0.25, -0.2) is 4.99 Å². The van der Waals surface area contributed by atoms with Gasteiger partial charge in [0.2, 0.25) is 0 Å². The van der Waals surface area contributed by atoms with E-state index in [0.29, 0.717) is 5.17 Å². The number of amidine groups is 1. The van der Waals surface area contributed by atoms with Crippen LogP contribution in [0, 0.1) is 0 Å². The number of carboxylic acids is 1. The number of carbonyl (C=O) groups excluding carboxylic acids is 1. The number of thioether (sulfide) groups is 1. The molecule has 1 aliphatic heterocycles. The summed E-state index contributed by atoms with van der Waals surface area (Å²) in [7, 11) is 0. The number of nitrogens with zero attached hydrogens (tertiary/aromatic N) is 2. The van der Waals surface area contributed by atoms with Crippen LogP contribution in [0.25, 0.3) is 0 Å².